The molecule has 2 aromatic carbocycles. The third-order valence-corrected chi connectivity index (χ3v) is 5.84. The monoisotopic (exact) mass is 543 g/mol. The lowest BCUT2D eigenvalue weighted by Gasteiger charge is -2.26. The summed E-state index contributed by atoms with van der Waals surface area (Å²) in [6.07, 6.45) is -5.08. The van der Waals surface area contributed by atoms with Crippen molar-refractivity contribution in [2.75, 3.05) is 51.9 Å². The van der Waals surface area contributed by atoms with Crippen molar-refractivity contribution in [3.63, 3.8) is 0 Å². The molecule has 1 aliphatic rings. The highest BCUT2D eigenvalue weighted by Crippen LogP contribution is 2.32. The van der Waals surface area contributed by atoms with Gasteiger partial charge in [0.25, 0.3) is 0 Å². The van der Waals surface area contributed by atoms with Gasteiger partial charge in [0.05, 0.1) is 31.7 Å². The van der Waals surface area contributed by atoms with E-state index in [-0.39, 0.29) is 5.82 Å². The van der Waals surface area contributed by atoms with Gasteiger partial charge >= 0.3 is 12.1 Å². The molecule has 37 heavy (non-hydrogen) atoms. The molecule has 200 valence electrons. The summed E-state index contributed by atoms with van der Waals surface area (Å²) < 4.78 is 61.8. The predicted octanol–water partition coefficient (Wildman–Crippen LogP) is 5.05. The summed E-state index contributed by atoms with van der Waals surface area (Å²) in [6.45, 7) is 5.07. The van der Waals surface area contributed by atoms with Gasteiger partial charge in [-0.25, -0.2) is 14.2 Å². The minimum atomic E-state index is -5.08. The summed E-state index contributed by atoms with van der Waals surface area (Å²) in [7, 11) is 1.55. The highest BCUT2D eigenvalue weighted by atomic mass is 32.1. The number of aromatic nitrogens is 1. The first-order valence-electron chi connectivity index (χ1n) is 11.0. The minimum Gasteiger partial charge on any atom is -0.495 e. The number of thiazole rings is 1. The van der Waals surface area contributed by atoms with Crippen molar-refractivity contribution in [2.45, 2.75) is 6.18 Å². The lowest BCUT2D eigenvalue weighted by atomic mass is 10.2. The Bertz CT molecular complexity index is 1150. The number of carbonyl (C=O) groups is 1. The fraction of sp³-hybridized carbons (Fsp3) is 0.333. The van der Waals surface area contributed by atoms with Crippen LogP contribution in [-0.4, -0.2) is 73.7 Å². The second kappa shape index (κ2) is 13.2. The Balaban J connectivity index is 0.000000479. The van der Waals surface area contributed by atoms with Crippen LogP contribution in [0.1, 0.15) is 0 Å². The van der Waals surface area contributed by atoms with Crippen LogP contribution >= 0.6 is 11.3 Å². The van der Waals surface area contributed by atoms with Crippen molar-refractivity contribution in [2.24, 2.45) is 0 Å². The Labute approximate surface area is 214 Å². The molecule has 0 spiro atoms. The number of nitrogens with zero attached hydrogens (tertiary/aromatic N) is 2. The number of rotatable bonds is 8. The maximum absolute atomic E-state index is 13.6. The number of hydrogen-bond donors (Lipinski definition) is 2. The van der Waals surface area contributed by atoms with Crippen LogP contribution in [0, 0.1) is 5.82 Å². The van der Waals surface area contributed by atoms with Gasteiger partial charge in [-0.05, 0) is 36.4 Å². The summed E-state index contributed by atoms with van der Waals surface area (Å²) in [5, 5.41) is 12.9. The van der Waals surface area contributed by atoms with Crippen LogP contribution in [0.15, 0.2) is 47.8 Å². The first-order chi connectivity index (χ1) is 17.7. The van der Waals surface area contributed by atoms with E-state index in [0.717, 1.165) is 49.9 Å². The smallest absolute Gasteiger partial charge is 0.490 e. The van der Waals surface area contributed by atoms with E-state index < -0.39 is 12.1 Å². The van der Waals surface area contributed by atoms with E-state index in [1.807, 2.05) is 29.6 Å². The Morgan fingerprint density at radius 1 is 1.19 bits per heavy atom. The molecule has 0 amide bonds. The predicted molar refractivity (Wildman–Crippen MR) is 130 cm³/mol. The quantitative estimate of drug-likeness (QED) is 0.382. The zero-order chi connectivity index (χ0) is 26.8. The number of ether oxygens (including phenoxy) is 3. The molecule has 0 aliphatic carbocycles. The Hall–Kier alpha value is -3.42. The molecule has 13 heteroatoms. The van der Waals surface area contributed by atoms with E-state index in [1.54, 1.807) is 13.2 Å². The van der Waals surface area contributed by atoms with Crippen LogP contribution in [-0.2, 0) is 9.53 Å². The third-order valence-electron chi connectivity index (χ3n) is 5.08. The zero-order valence-corrected chi connectivity index (χ0v) is 20.6. The van der Waals surface area contributed by atoms with E-state index >= 15 is 0 Å². The molecule has 4 rings (SSSR count). The van der Waals surface area contributed by atoms with Crippen molar-refractivity contribution in [1.82, 2.24) is 9.88 Å². The number of carboxylic acids is 1. The van der Waals surface area contributed by atoms with E-state index in [2.05, 4.69) is 15.2 Å². The number of carboxylic acid groups (broad SMARTS) is 1. The second-order valence-electron chi connectivity index (χ2n) is 7.64. The van der Waals surface area contributed by atoms with Gasteiger partial charge in [0.1, 0.15) is 23.9 Å². The van der Waals surface area contributed by atoms with Gasteiger partial charge in [-0.2, -0.15) is 13.2 Å². The van der Waals surface area contributed by atoms with Crippen molar-refractivity contribution >= 4 is 28.1 Å². The molecule has 1 aromatic heterocycles. The average molecular weight is 544 g/mol. The summed E-state index contributed by atoms with van der Waals surface area (Å²) in [4.78, 5) is 15.8. The molecule has 0 bridgehead atoms. The number of benzene rings is 2. The van der Waals surface area contributed by atoms with E-state index in [9.17, 15) is 17.6 Å². The van der Waals surface area contributed by atoms with Gasteiger partial charge < -0.3 is 24.6 Å². The molecule has 2 heterocycles. The van der Waals surface area contributed by atoms with Crippen molar-refractivity contribution in [3.05, 3.63) is 53.7 Å². The molecule has 0 atom stereocenters. The number of alkyl halides is 3. The Kier molecular flexibility index (Phi) is 10.1. The van der Waals surface area contributed by atoms with E-state index in [1.165, 1.54) is 23.5 Å². The average Bonchev–Trinajstić information content (AvgIpc) is 3.33. The topological polar surface area (TPSA) is 93.1 Å². The lowest BCUT2D eigenvalue weighted by Crippen LogP contribution is -2.38. The molecular formula is C24H25F4N3O5S. The summed E-state index contributed by atoms with van der Waals surface area (Å²) in [5.41, 5.74) is 2.38. The summed E-state index contributed by atoms with van der Waals surface area (Å²) in [6, 6.07) is 12.2. The van der Waals surface area contributed by atoms with Crippen molar-refractivity contribution < 1.29 is 41.7 Å². The van der Waals surface area contributed by atoms with Gasteiger partial charge in [0.15, 0.2) is 5.13 Å². The van der Waals surface area contributed by atoms with Gasteiger partial charge in [0.2, 0.25) is 0 Å². The molecule has 1 aliphatic heterocycles. The molecule has 1 saturated heterocycles. The molecular weight excluding hydrogens is 518 g/mol. The fourth-order valence-electron chi connectivity index (χ4n) is 3.20. The summed E-state index contributed by atoms with van der Waals surface area (Å²) in [5.74, 6) is -1.69. The number of aliphatic carboxylic acids is 1. The highest BCUT2D eigenvalue weighted by molar-refractivity contribution is 7.14. The first kappa shape index (κ1) is 28.2. The fourth-order valence-corrected chi connectivity index (χ4v) is 3.93. The lowest BCUT2D eigenvalue weighted by molar-refractivity contribution is -0.192. The maximum Gasteiger partial charge on any atom is 0.490 e. The van der Waals surface area contributed by atoms with E-state index in [4.69, 9.17) is 24.1 Å². The largest absolute Gasteiger partial charge is 0.495 e. The van der Waals surface area contributed by atoms with Gasteiger partial charge in [-0.1, -0.05) is 0 Å². The van der Waals surface area contributed by atoms with Crippen molar-refractivity contribution in [1.29, 1.82) is 0 Å². The third kappa shape index (κ3) is 8.88. The minimum absolute atomic E-state index is 0.334. The maximum atomic E-state index is 13.6. The molecule has 2 N–H and O–H groups in total. The normalized spacial score (nSPS) is 13.9. The standard InChI is InChI=1S/C22H24FN3O3S.C2HF3O2/c1-27-21-7-4-17(23)14-19(21)24-22-25-20(15-30-22)16-2-5-18(6-3-16)29-13-10-26-8-11-28-12-9-26;3-2(4,5)1(6)7/h2-7,14-15H,8-13H2,1H3,(H,24,25);(H,6,7). The van der Waals surface area contributed by atoms with Gasteiger partial charge in [-0.15, -0.1) is 11.3 Å². The van der Waals surface area contributed by atoms with E-state index in [0.29, 0.717) is 23.2 Å². The number of anilines is 2. The molecule has 0 saturated carbocycles. The Morgan fingerprint density at radius 3 is 2.49 bits per heavy atom. The molecule has 0 unspecified atom stereocenters. The zero-order valence-electron chi connectivity index (χ0n) is 19.8. The molecule has 0 radical (unpaired) electrons. The molecule has 1 fully saturated rings. The number of hydrogen-bond acceptors (Lipinski definition) is 8. The number of morpholine rings is 1. The highest BCUT2D eigenvalue weighted by Gasteiger charge is 2.38. The second-order valence-corrected chi connectivity index (χ2v) is 8.50. The van der Waals surface area contributed by atoms with Crippen LogP contribution in [0.5, 0.6) is 11.5 Å². The van der Waals surface area contributed by atoms with Crippen LogP contribution in [0.4, 0.5) is 28.4 Å². The number of nitrogens with one attached hydrogen (secondary N) is 1. The molecule has 3 aromatic rings. The SMILES string of the molecule is COc1ccc(F)cc1Nc1nc(-c2ccc(OCCN3CCOCC3)cc2)cs1.O=C(O)C(F)(F)F. The number of halogens is 4. The van der Waals surface area contributed by atoms with Crippen LogP contribution < -0.4 is 14.8 Å². The van der Waals surface area contributed by atoms with Gasteiger partial charge in [-0.3, -0.25) is 4.90 Å². The van der Waals surface area contributed by atoms with Crippen molar-refractivity contribution in [3.8, 4) is 22.8 Å². The van der Waals surface area contributed by atoms with Gasteiger partial charge in [0, 0.05) is 36.6 Å². The number of methoxy groups -OCH3 is 1. The van der Waals surface area contributed by atoms with Crippen LogP contribution in [0.3, 0.4) is 0 Å². The summed E-state index contributed by atoms with van der Waals surface area (Å²) >= 11 is 1.45. The molecule has 8 nitrogen and oxygen atoms in total. The Morgan fingerprint density at radius 2 is 1.86 bits per heavy atom. The first-order valence-corrected chi connectivity index (χ1v) is 11.9. The van der Waals surface area contributed by atoms with Crippen LogP contribution in [0.2, 0.25) is 0 Å². The van der Waals surface area contributed by atoms with Crippen LogP contribution in [0.25, 0.3) is 11.3 Å².